The van der Waals surface area contributed by atoms with Gasteiger partial charge in [-0.05, 0) is 47.7 Å². The first-order chi connectivity index (χ1) is 10.5. The average molecular weight is 328 g/mol. The molecule has 3 heteroatoms. The van der Waals surface area contributed by atoms with E-state index < -0.39 is 0 Å². The third-order valence-corrected chi connectivity index (χ3v) is 4.37. The summed E-state index contributed by atoms with van der Waals surface area (Å²) in [5, 5.41) is 2.79. The highest BCUT2D eigenvalue weighted by Crippen LogP contribution is 2.39. The first kappa shape index (κ1) is 16.7. The second kappa shape index (κ2) is 7.54. The smallest absolute Gasteiger partial charge is 0.0731 e. The molecular formula is C19H19ClNP. The molecule has 0 saturated carbocycles. The monoisotopic (exact) mass is 327 g/mol. The lowest BCUT2D eigenvalue weighted by Crippen LogP contribution is -1.87. The van der Waals surface area contributed by atoms with Gasteiger partial charge in [-0.3, -0.25) is 4.98 Å². The molecule has 0 radical (unpaired) electrons. The van der Waals surface area contributed by atoms with Gasteiger partial charge >= 0.3 is 0 Å². The number of hydrogen-bond donors (Lipinski definition) is 0. The quantitative estimate of drug-likeness (QED) is 0.459. The standard InChI is InChI=1S/C19H19ClNP/c1-13-6-5-11-21-19(13)18-9-7-17(8-10-18)16(4)22-15(3)12-14(2)20/h5-12,22H,3-4H2,1-2H3/b14-12+. The third-order valence-electron chi connectivity index (χ3n) is 3.20. The molecule has 1 aromatic carbocycles. The molecule has 0 bridgehead atoms. The van der Waals surface area contributed by atoms with Gasteiger partial charge in [0.05, 0.1) is 5.69 Å². The summed E-state index contributed by atoms with van der Waals surface area (Å²) in [7, 11) is 0.446. The van der Waals surface area contributed by atoms with Crippen molar-refractivity contribution < 1.29 is 0 Å². The number of allylic oxidation sites excluding steroid dienone is 3. The molecule has 1 nitrogen and oxygen atoms in total. The zero-order valence-electron chi connectivity index (χ0n) is 12.9. The Morgan fingerprint density at radius 2 is 1.86 bits per heavy atom. The SMILES string of the molecule is C=C(/C=C(\C)Cl)PC(=C)c1ccc(-c2ncccc2C)cc1. The van der Waals surface area contributed by atoms with Gasteiger partial charge in [0.1, 0.15) is 0 Å². The Labute approximate surface area is 139 Å². The van der Waals surface area contributed by atoms with Gasteiger partial charge in [0.15, 0.2) is 0 Å². The van der Waals surface area contributed by atoms with Crippen LogP contribution in [0.5, 0.6) is 0 Å². The number of rotatable bonds is 5. The van der Waals surface area contributed by atoms with Crippen LogP contribution >= 0.6 is 20.2 Å². The number of aryl methyl sites for hydroxylation is 1. The van der Waals surface area contributed by atoms with E-state index in [4.69, 9.17) is 11.6 Å². The van der Waals surface area contributed by atoms with E-state index >= 15 is 0 Å². The molecule has 0 aliphatic heterocycles. The lowest BCUT2D eigenvalue weighted by atomic mass is 10.1. The van der Waals surface area contributed by atoms with Crippen LogP contribution in [0.1, 0.15) is 18.1 Å². The molecule has 0 amide bonds. The summed E-state index contributed by atoms with van der Waals surface area (Å²) in [4.78, 5) is 4.45. The molecule has 1 unspecified atom stereocenters. The molecule has 1 aromatic heterocycles. The average Bonchev–Trinajstić information content (AvgIpc) is 2.47. The highest BCUT2D eigenvalue weighted by atomic mass is 35.5. The topological polar surface area (TPSA) is 12.9 Å². The van der Waals surface area contributed by atoms with Gasteiger partial charge in [0, 0.05) is 16.8 Å². The summed E-state index contributed by atoms with van der Waals surface area (Å²) < 4.78 is 0. The summed E-state index contributed by atoms with van der Waals surface area (Å²) in [5.74, 6) is 0. The van der Waals surface area contributed by atoms with E-state index in [1.807, 2.05) is 25.3 Å². The van der Waals surface area contributed by atoms with Crippen molar-refractivity contribution in [2.24, 2.45) is 0 Å². The Morgan fingerprint density at radius 1 is 1.18 bits per heavy atom. The van der Waals surface area contributed by atoms with Crippen LogP contribution in [-0.2, 0) is 0 Å². The lowest BCUT2D eigenvalue weighted by molar-refractivity contribution is 1.27. The van der Waals surface area contributed by atoms with Crippen LogP contribution in [0.4, 0.5) is 0 Å². The van der Waals surface area contributed by atoms with Crippen molar-refractivity contribution in [1.82, 2.24) is 4.98 Å². The predicted octanol–water partition coefficient (Wildman–Crippen LogP) is 6.36. The Morgan fingerprint density at radius 3 is 2.45 bits per heavy atom. The van der Waals surface area contributed by atoms with E-state index in [2.05, 4.69) is 55.4 Å². The van der Waals surface area contributed by atoms with E-state index in [9.17, 15) is 0 Å². The Balaban J connectivity index is 2.16. The number of aromatic nitrogens is 1. The van der Waals surface area contributed by atoms with Crippen molar-refractivity contribution in [3.05, 3.63) is 83.3 Å². The van der Waals surface area contributed by atoms with Crippen molar-refractivity contribution in [3.8, 4) is 11.3 Å². The van der Waals surface area contributed by atoms with E-state index in [0.29, 0.717) is 8.58 Å². The molecular weight excluding hydrogens is 309 g/mol. The highest BCUT2D eigenvalue weighted by molar-refractivity contribution is 7.55. The van der Waals surface area contributed by atoms with Crippen molar-refractivity contribution in [3.63, 3.8) is 0 Å². The van der Waals surface area contributed by atoms with Gasteiger partial charge in [-0.15, -0.1) is 0 Å². The summed E-state index contributed by atoms with van der Waals surface area (Å²) in [6.07, 6.45) is 3.71. The Bertz CT molecular complexity index is 725. The minimum absolute atomic E-state index is 0.446. The minimum atomic E-state index is 0.446. The molecule has 1 heterocycles. The number of pyridine rings is 1. The molecule has 22 heavy (non-hydrogen) atoms. The summed E-state index contributed by atoms with van der Waals surface area (Å²) in [6, 6.07) is 12.4. The van der Waals surface area contributed by atoms with Crippen LogP contribution in [0.15, 0.2) is 72.2 Å². The van der Waals surface area contributed by atoms with Crippen molar-refractivity contribution >= 4 is 25.5 Å². The molecule has 0 aliphatic rings. The number of nitrogens with zero attached hydrogens (tertiary/aromatic N) is 1. The number of halogens is 1. The van der Waals surface area contributed by atoms with Crippen LogP contribution in [0, 0.1) is 6.92 Å². The zero-order valence-corrected chi connectivity index (χ0v) is 14.6. The summed E-state index contributed by atoms with van der Waals surface area (Å²) in [6.45, 7) is 12.1. The van der Waals surface area contributed by atoms with E-state index in [0.717, 1.165) is 32.5 Å². The number of benzene rings is 1. The second-order valence-electron chi connectivity index (χ2n) is 5.11. The van der Waals surface area contributed by atoms with Crippen LogP contribution < -0.4 is 0 Å². The molecule has 0 saturated heterocycles. The Hall–Kier alpha value is -1.69. The number of hydrogen-bond acceptors (Lipinski definition) is 1. The van der Waals surface area contributed by atoms with Gasteiger partial charge in [0.25, 0.3) is 0 Å². The van der Waals surface area contributed by atoms with E-state index in [1.165, 1.54) is 5.56 Å². The first-order valence-corrected chi connectivity index (χ1v) is 8.36. The largest absolute Gasteiger partial charge is 0.256 e. The molecule has 2 aromatic rings. The van der Waals surface area contributed by atoms with Crippen LogP contribution in [0.3, 0.4) is 0 Å². The molecule has 0 fully saturated rings. The van der Waals surface area contributed by atoms with Gasteiger partial charge in [-0.1, -0.05) is 63.7 Å². The molecule has 1 atom stereocenters. The Kier molecular flexibility index (Phi) is 5.71. The molecule has 0 aliphatic carbocycles. The zero-order chi connectivity index (χ0) is 16.1. The highest BCUT2D eigenvalue weighted by Gasteiger charge is 2.05. The maximum absolute atomic E-state index is 5.87. The van der Waals surface area contributed by atoms with E-state index in [-0.39, 0.29) is 0 Å². The molecule has 112 valence electrons. The van der Waals surface area contributed by atoms with Crippen molar-refractivity contribution in [1.29, 1.82) is 0 Å². The third kappa shape index (κ3) is 4.40. The normalized spacial score (nSPS) is 11.9. The lowest BCUT2D eigenvalue weighted by Gasteiger charge is -2.09. The van der Waals surface area contributed by atoms with Crippen LogP contribution in [0.25, 0.3) is 16.6 Å². The van der Waals surface area contributed by atoms with Crippen LogP contribution in [0.2, 0.25) is 0 Å². The van der Waals surface area contributed by atoms with Crippen molar-refractivity contribution in [2.45, 2.75) is 13.8 Å². The van der Waals surface area contributed by atoms with Gasteiger partial charge in [0.2, 0.25) is 0 Å². The fraction of sp³-hybridized carbons (Fsp3) is 0.105. The van der Waals surface area contributed by atoms with Gasteiger partial charge < -0.3 is 0 Å². The maximum Gasteiger partial charge on any atom is 0.0731 e. The predicted molar refractivity (Wildman–Crippen MR) is 101 cm³/mol. The van der Waals surface area contributed by atoms with E-state index in [1.54, 1.807) is 0 Å². The summed E-state index contributed by atoms with van der Waals surface area (Å²) in [5.41, 5.74) is 4.44. The van der Waals surface area contributed by atoms with Gasteiger partial charge in [-0.25, -0.2) is 0 Å². The molecule has 2 rings (SSSR count). The molecule has 0 spiro atoms. The minimum Gasteiger partial charge on any atom is -0.256 e. The summed E-state index contributed by atoms with van der Waals surface area (Å²) >= 11 is 5.87. The van der Waals surface area contributed by atoms with Gasteiger partial charge in [-0.2, -0.15) is 0 Å². The second-order valence-corrected chi connectivity index (χ2v) is 7.20. The first-order valence-electron chi connectivity index (χ1n) is 6.98. The fourth-order valence-electron chi connectivity index (χ4n) is 2.16. The maximum atomic E-state index is 5.87. The van der Waals surface area contributed by atoms with Crippen molar-refractivity contribution in [2.75, 3.05) is 0 Å². The fourth-order valence-corrected chi connectivity index (χ4v) is 3.37. The van der Waals surface area contributed by atoms with Crippen LogP contribution in [-0.4, -0.2) is 4.98 Å². The molecule has 0 N–H and O–H groups in total.